The fraction of sp³-hybridized carbons (Fsp3) is 0.200. The number of halogens is 2. The standard InChI is InChI=1S/C15H15F2NOS/c1-18-9-10-7-13(16)15(14(17)8-10)19-11-3-5-12(20-2)6-4-11/h3-8,18H,9H2,1-2H3. The van der Waals surface area contributed by atoms with E-state index in [1.807, 2.05) is 18.4 Å². The van der Waals surface area contributed by atoms with E-state index in [9.17, 15) is 8.78 Å². The van der Waals surface area contributed by atoms with E-state index in [-0.39, 0.29) is 5.75 Å². The summed E-state index contributed by atoms with van der Waals surface area (Å²) >= 11 is 1.59. The van der Waals surface area contributed by atoms with Crippen LogP contribution >= 0.6 is 11.8 Å². The summed E-state index contributed by atoms with van der Waals surface area (Å²) in [5, 5.41) is 2.84. The molecular weight excluding hydrogens is 280 g/mol. The van der Waals surface area contributed by atoms with Crippen LogP contribution in [0.1, 0.15) is 5.56 Å². The maximum Gasteiger partial charge on any atom is 0.198 e. The van der Waals surface area contributed by atoms with Gasteiger partial charge in [0.25, 0.3) is 0 Å². The molecule has 2 aromatic rings. The number of ether oxygens (including phenoxy) is 1. The van der Waals surface area contributed by atoms with Crippen LogP contribution in [0.15, 0.2) is 41.3 Å². The first-order chi connectivity index (χ1) is 9.63. The molecule has 0 saturated heterocycles. The van der Waals surface area contributed by atoms with E-state index in [1.165, 1.54) is 12.1 Å². The Morgan fingerprint density at radius 3 is 2.20 bits per heavy atom. The summed E-state index contributed by atoms with van der Waals surface area (Å²) in [5.41, 5.74) is 0.535. The van der Waals surface area contributed by atoms with Crippen molar-refractivity contribution in [1.29, 1.82) is 0 Å². The molecule has 0 radical (unpaired) electrons. The van der Waals surface area contributed by atoms with Crippen LogP contribution < -0.4 is 10.1 Å². The van der Waals surface area contributed by atoms with Crippen LogP contribution in [0.2, 0.25) is 0 Å². The highest BCUT2D eigenvalue weighted by Gasteiger charge is 2.13. The predicted molar refractivity (Wildman–Crippen MR) is 77.4 cm³/mol. The lowest BCUT2D eigenvalue weighted by Gasteiger charge is -2.10. The van der Waals surface area contributed by atoms with Crippen LogP contribution in [0.3, 0.4) is 0 Å². The molecule has 2 rings (SSSR count). The summed E-state index contributed by atoms with van der Waals surface area (Å²) in [6.45, 7) is 0.399. The lowest BCUT2D eigenvalue weighted by Crippen LogP contribution is -2.06. The van der Waals surface area contributed by atoms with Crippen molar-refractivity contribution in [2.45, 2.75) is 11.4 Å². The van der Waals surface area contributed by atoms with Gasteiger partial charge >= 0.3 is 0 Å². The minimum absolute atomic E-state index is 0.373. The maximum atomic E-state index is 13.9. The average molecular weight is 295 g/mol. The molecule has 0 atom stereocenters. The number of benzene rings is 2. The molecule has 0 aliphatic carbocycles. The smallest absolute Gasteiger partial charge is 0.198 e. The highest BCUT2D eigenvalue weighted by Crippen LogP contribution is 2.29. The van der Waals surface area contributed by atoms with Gasteiger partial charge in [-0.3, -0.25) is 0 Å². The third kappa shape index (κ3) is 3.49. The van der Waals surface area contributed by atoms with Crippen molar-refractivity contribution in [2.24, 2.45) is 0 Å². The Labute approximate surface area is 121 Å². The highest BCUT2D eigenvalue weighted by atomic mass is 32.2. The second-order valence-corrected chi connectivity index (χ2v) is 5.08. The topological polar surface area (TPSA) is 21.3 Å². The summed E-state index contributed by atoms with van der Waals surface area (Å²) in [4.78, 5) is 1.06. The molecule has 0 aromatic heterocycles. The quantitative estimate of drug-likeness (QED) is 0.835. The maximum absolute atomic E-state index is 13.9. The first-order valence-electron chi connectivity index (χ1n) is 6.08. The molecule has 106 valence electrons. The SMILES string of the molecule is CNCc1cc(F)c(Oc2ccc(SC)cc2)c(F)c1. The Morgan fingerprint density at radius 2 is 1.70 bits per heavy atom. The van der Waals surface area contributed by atoms with Crippen molar-refractivity contribution < 1.29 is 13.5 Å². The molecule has 0 aliphatic rings. The summed E-state index contributed by atoms with van der Waals surface area (Å²) in [6, 6.07) is 9.59. The zero-order valence-electron chi connectivity index (χ0n) is 11.2. The molecule has 2 aromatic carbocycles. The minimum Gasteiger partial charge on any atom is -0.451 e. The van der Waals surface area contributed by atoms with Crippen molar-refractivity contribution in [3.63, 3.8) is 0 Å². The third-order valence-electron chi connectivity index (χ3n) is 2.72. The normalized spacial score (nSPS) is 10.6. The Kier molecular flexibility index (Phi) is 4.98. The van der Waals surface area contributed by atoms with Gasteiger partial charge in [0, 0.05) is 11.4 Å². The molecule has 5 heteroatoms. The van der Waals surface area contributed by atoms with Gasteiger partial charge < -0.3 is 10.1 Å². The van der Waals surface area contributed by atoms with Gasteiger partial charge in [-0.1, -0.05) is 0 Å². The summed E-state index contributed by atoms with van der Waals surface area (Å²) in [7, 11) is 1.72. The van der Waals surface area contributed by atoms with Crippen LogP contribution in [-0.4, -0.2) is 13.3 Å². The van der Waals surface area contributed by atoms with E-state index in [2.05, 4.69) is 5.32 Å². The summed E-state index contributed by atoms with van der Waals surface area (Å²) < 4.78 is 33.0. The molecule has 0 unspecified atom stereocenters. The van der Waals surface area contributed by atoms with Gasteiger partial charge in [0.2, 0.25) is 0 Å². The molecule has 0 amide bonds. The van der Waals surface area contributed by atoms with Gasteiger partial charge in [-0.15, -0.1) is 11.8 Å². The van der Waals surface area contributed by atoms with Crippen LogP contribution in [0.25, 0.3) is 0 Å². The highest BCUT2D eigenvalue weighted by molar-refractivity contribution is 7.98. The zero-order chi connectivity index (χ0) is 14.5. The van der Waals surface area contributed by atoms with E-state index in [0.29, 0.717) is 17.9 Å². The fourth-order valence-corrected chi connectivity index (χ4v) is 2.19. The molecule has 0 bridgehead atoms. The molecule has 0 aliphatic heterocycles. The van der Waals surface area contributed by atoms with E-state index in [0.717, 1.165) is 4.90 Å². The fourth-order valence-electron chi connectivity index (χ4n) is 1.78. The van der Waals surface area contributed by atoms with E-state index in [1.54, 1.807) is 30.9 Å². The zero-order valence-corrected chi connectivity index (χ0v) is 12.1. The van der Waals surface area contributed by atoms with Crippen molar-refractivity contribution in [1.82, 2.24) is 5.32 Å². The van der Waals surface area contributed by atoms with Crippen molar-refractivity contribution >= 4 is 11.8 Å². The van der Waals surface area contributed by atoms with E-state index < -0.39 is 11.6 Å². The second kappa shape index (κ2) is 6.72. The number of hydrogen-bond acceptors (Lipinski definition) is 3. The Bertz CT molecular complexity index is 564. The average Bonchev–Trinajstić information content (AvgIpc) is 2.44. The van der Waals surface area contributed by atoms with Gasteiger partial charge in [0.1, 0.15) is 5.75 Å². The van der Waals surface area contributed by atoms with Gasteiger partial charge in [-0.05, 0) is 55.3 Å². The Balaban J connectivity index is 2.23. The lowest BCUT2D eigenvalue weighted by atomic mass is 10.2. The van der Waals surface area contributed by atoms with Gasteiger partial charge in [-0.2, -0.15) is 0 Å². The number of hydrogen-bond donors (Lipinski definition) is 1. The van der Waals surface area contributed by atoms with Crippen LogP contribution in [-0.2, 0) is 6.54 Å². The van der Waals surface area contributed by atoms with Gasteiger partial charge in [0.15, 0.2) is 17.4 Å². The molecule has 0 fully saturated rings. The van der Waals surface area contributed by atoms with Crippen LogP contribution in [0, 0.1) is 11.6 Å². The van der Waals surface area contributed by atoms with Crippen LogP contribution in [0.4, 0.5) is 8.78 Å². The summed E-state index contributed by atoms with van der Waals surface area (Å²) in [5.74, 6) is -1.38. The number of nitrogens with one attached hydrogen (secondary N) is 1. The van der Waals surface area contributed by atoms with Crippen molar-refractivity contribution in [3.8, 4) is 11.5 Å². The van der Waals surface area contributed by atoms with Crippen molar-refractivity contribution in [3.05, 3.63) is 53.6 Å². The molecule has 0 saturated carbocycles. The molecule has 2 nitrogen and oxygen atoms in total. The van der Waals surface area contributed by atoms with Crippen LogP contribution in [0.5, 0.6) is 11.5 Å². The molecule has 0 heterocycles. The Hall–Kier alpha value is -1.59. The Morgan fingerprint density at radius 1 is 1.10 bits per heavy atom. The summed E-state index contributed by atoms with van der Waals surface area (Å²) in [6.07, 6.45) is 1.95. The van der Waals surface area contributed by atoms with Gasteiger partial charge in [-0.25, -0.2) is 8.78 Å². The third-order valence-corrected chi connectivity index (χ3v) is 3.46. The first-order valence-corrected chi connectivity index (χ1v) is 7.31. The molecular formula is C15H15F2NOS. The molecule has 0 spiro atoms. The van der Waals surface area contributed by atoms with Crippen molar-refractivity contribution in [2.75, 3.05) is 13.3 Å². The minimum atomic E-state index is -0.704. The molecule has 1 N–H and O–H groups in total. The van der Waals surface area contributed by atoms with Gasteiger partial charge in [0.05, 0.1) is 0 Å². The van der Waals surface area contributed by atoms with E-state index in [4.69, 9.17) is 4.74 Å². The van der Waals surface area contributed by atoms with E-state index >= 15 is 0 Å². The largest absolute Gasteiger partial charge is 0.451 e. The number of rotatable bonds is 5. The first kappa shape index (κ1) is 14.8. The lowest BCUT2D eigenvalue weighted by molar-refractivity contribution is 0.406. The predicted octanol–water partition coefficient (Wildman–Crippen LogP) is 4.20. The number of thioether (sulfide) groups is 1. The second-order valence-electron chi connectivity index (χ2n) is 4.20. The monoisotopic (exact) mass is 295 g/mol. The molecule has 20 heavy (non-hydrogen) atoms.